The van der Waals surface area contributed by atoms with Crippen molar-refractivity contribution in [2.75, 3.05) is 18.5 Å². The third-order valence-electron chi connectivity index (χ3n) is 2.90. The molecule has 0 spiro atoms. The van der Waals surface area contributed by atoms with E-state index < -0.39 is 0 Å². The first-order chi connectivity index (χ1) is 8.63. The van der Waals surface area contributed by atoms with Crippen LogP contribution in [-0.2, 0) is 0 Å². The third-order valence-corrected chi connectivity index (χ3v) is 2.90. The van der Waals surface area contributed by atoms with E-state index >= 15 is 0 Å². The van der Waals surface area contributed by atoms with Crippen molar-refractivity contribution in [1.82, 2.24) is 14.6 Å². The summed E-state index contributed by atoms with van der Waals surface area (Å²) in [5.74, 6) is 1.26. The standard InChI is InChI=1S/C13H17N5/c1-10(2)11-9-12-13(17(3)7-4-5-14)15-6-8-18(12)16-11/h6,8-10H,4,7H2,1-3H3. The topological polar surface area (TPSA) is 57.2 Å². The van der Waals surface area contributed by atoms with Crippen LogP contribution in [0, 0.1) is 11.3 Å². The van der Waals surface area contributed by atoms with Crippen LogP contribution >= 0.6 is 0 Å². The van der Waals surface area contributed by atoms with Gasteiger partial charge in [-0.15, -0.1) is 0 Å². The summed E-state index contributed by atoms with van der Waals surface area (Å²) in [5.41, 5.74) is 2.04. The smallest absolute Gasteiger partial charge is 0.154 e. The number of nitriles is 1. The fourth-order valence-corrected chi connectivity index (χ4v) is 1.83. The van der Waals surface area contributed by atoms with Crippen LogP contribution in [0.15, 0.2) is 18.5 Å². The van der Waals surface area contributed by atoms with Crippen molar-refractivity contribution in [2.45, 2.75) is 26.2 Å². The molecule has 18 heavy (non-hydrogen) atoms. The van der Waals surface area contributed by atoms with Crippen LogP contribution in [-0.4, -0.2) is 28.2 Å². The lowest BCUT2D eigenvalue weighted by Gasteiger charge is -2.16. The molecule has 5 nitrogen and oxygen atoms in total. The predicted molar refractivity (Wildman–Crippen MR) is 70.6 cm³/mol. The molecule has 0 amide bonds. The highest BCUT2D eigenvalue weighted by Crippen LogP contribution is 2.21. The Balaban J connectivity index is 2.41. The normalized spacial score (nSPS) is 10.8. The van der Waals surface area contributed by atoms with Gasteiger partial charge in [-0.1, -0.05) is 13.8 Å². The largest absolute Gasteiger partial charge is 0.357 e. The fraction of sp³-hybridized carbons (Fsp3) is 0.462. The van der Waals surface area contributed by atoms with Crippen LogP contribution in [0.4, 0.5) is 5.82 Å². The first-order valence-corrected chi connectivity index (χ1v) is 6.06. The summed E-state index contributed by atoms with van der Waals surface area (Å²) in [7, 11) is 1.95. The molecule has 0 aliphatic heterocycles. The third kappa shape index (κ3) is 2.28. The SMILES string of the molecule is CC(C)c1cc2c(N(C)CCC#N)nccn2n1. The molecule has 0 aliphatic rings. The van der Waals surface area contributed by atoms with Crippen LogP contribution in [0.1, 0.15) is 31.9 Å². The Kier molecular flexibility index (Phi) is 3.47. The molecular weight excluding hydrogens is 226 g/mol. The van der Waals surface area contributed by atoms with E-state index in [1.807, 2.05) is 22.7 Å². The van der Waals surface area contributed by atoms with Gasteiger partial charge < -0.3 is 4.90 Å². The van der Waals surface area contributed by atoms with E-state index in [1.165, 1.54) is 0 Å². The van der Waals surface area contributed by atoms with Crippen molar-refractivity contribution in [3.8, 4) is 6.07 Å². The summed E-state index contributed by atoms with van der Waals surface area (Å²) in [4.78, 5) is 6.38. The summed E-state index contributed by atoms with van der Waals surface area (Å²) in [6.45, 7) is 4.91. The lowest BCUT2D eigenvalue weighted by atomic mass is 10.1. The van der Waals surface area contributed by atoms with Crippen molar-refractivity contribution >= 4 is 11.3 Å². The van der Waals surface area contributed by atoms with Crippen LogP contribution in [0.3, 0.4) is 0 Å². The second-order valence-electron chi connectivity index (χ2n) is 4.63. The van der Waals surface area contributed by atoms with E-state index in [1.54, 1.807) is 6.20 Å². The van der Waals surface area contributed by atoms with Gasteiger partial charge in [0.1, 0.15) is 5.52 Å². The molecule has 2 heterocycles. The van der Waals surface area contributed by atoms with Crippen molar-refractivity contribution < 1.29 is 0 Å². The molecule has 2 aromatic rings. The monoisotopic (exact) mass is 243 g/mol. The predicted octanol–water partition coefficient (Wildman–Crippen LogP) is 2.20. The molecule has 0 saturated heterocycles. The van der Waals surface area contributed by atoms with E-state index in [0.717, 1.165) is 17.0 Å². The Morgan fingerprint density at radius 1 is 1.50 bits per heavy atom. The van der Waals surface area contributed by atoms with E-state index in [4.69, 9.17) is 5.26 Å². The van der Waals surface area contributed by atoms with E-state index in [-0.39, 0.29) is 0 Å². The average molecular weight is 243 g/mol. The van der Waals surface area contributed by atoms with Crippen molar-refractivity contribution in [3.05, 3.63) is 24.2 Å². The summed E-state index contributed by atoms with van der Waals surface area (Å²) in [5, 5.41) is 13.2. The highest BCUT2D eigenvalue weighted by atomic mass is 15.3. The highest BCUT2D eigenvalue weighted by Gasteiger charge is 2.12. The number of hydrogen-bond donors (Lipinski definition) is 0. The number of anilines is 1. The van der Waals surface area contributed by atoms with Gasteiger partial charge in [-0.2, -0.15) is 10.4 Å². The Morgan fingerprint density at radius 3 is 2.94 bits per heavy atom. The second kappa shape index (κ2) is 5.05. The van der Waals surface area contributed by atoms with Crippen LogP contribution in [0.25, 0.3) is 5.52 Å². The van der Waals surface area contributed by atoms with E-state index in [9.17, 15) is 0 Å². The van der Waals surface area contributed by atoms with Crippen LogP contribution in [0.2, 0.25) is 0 Å². The highest BCUT2D eigenvalue weighted by molar-refractivity contribution is 5.69. The van der Waals surface area contributed by atoms with Gasteiger partial charge in [0.2, 0.25) is 0 Å². The molecule has 2 rings (SSSR count). The molecular formula is C13H17N5. The molecule has 2 aromatic heterocycles. The average Bonchev–Trinajstić information content (AvgIpc) is 2.79. The molecule has 94 valence electrons. The maximum atomic E-state index is 8.64. The van der Waals surface area contributed by atoms with Gasteiger partial charge >= 0.3 is 0 Å². The minimum Gasteiger partial charge on any atom is -0.357 e. The zero-order chi connectivity index (χ0) is 13.1. The number of hydrogen-bond acceptors (Lipinski definition) is 4. The minimum atomic E-state index is 0.391. The second-order valence-corrected chi connectivity index (χ2v) is 4.63. The summed E-state index contributed by atoms with van der Waals surface area (Å²) < 4.78 is 1.85. The van der Waals surface area contributed by atoms with Gasteiger partial charge in [-0.3, -0.25) is 0 Å². The lowest BCUT2D eigenvalue weighted by Crippen LogP contribution is -2.20. The Labute approximate surface area is 107 Å². The van der Waals surface area contributed by atoms with Crippen LogP contribution < -0.4 is 4.90 Å². The zero-order valence-corrected chi connectivity index (χ0v) is 11.0. The summed E-state index contributed by atoms with van der Waals surface area (Å²) in [6, 6.07) is 4.21. The summed E-state index contributed by atoms with van der Waals surface area (Å²) >= 11 is 0. The van der Waals surface area contributed by atoms with Crippen LogP contribution in [0.5, 0.6) is 0 Å². The first-order valence-electron chi connectivity index (χ1n) is 6.06. The minimum absolute atomic E-state index is 0.391. The number of aromatic nitrogens is 3. The maximum Gasteiger partial charge on any atom is 0.154 e. The first kappa shape index (κ1) is 12.4. The molecule has 0 atom stereocenters. The van der Waals surface area contributed by atoms with Gasteiger partial charge in [-0.25, -0.2) is 9.50 Å². The van der Waals surface area contributed by atoms with Gasteiger partial charge in [0.15, 0.2) is 5.82 Å². The van der Waals surface area contributed by atoms with Gasteiger partial charge in [0, 0.05) is 26.0 Å². The Morgan fingerprint density at radius 2 is 2.28 bits per heavy atom. The Bertz CT molecular complexity index is 579. The molecule has 0 bridgehead atoms. The molecule has 0 aliphatic carbocycles. The zero-order valence-electron chi connectivity index (χ0n) is 11.0. The number of nitrogens with zero attached hydrogens (tertiary/aromatic N) is 5. The fourth-order valence-electron chi connectivity index (χ4n) is 1.83. The van der Waals surface area contributed by atoms with Crippen molar-refractivity contribution in [1.29, 1.82) is 5.26 Å². The quantitative estimate of drug-likeness (QED) is 0.826. The van der Waals surface area contributed by atoms with Crippen molar-refractivity contribution in [2.24, 2.45) is 0 Å². The van der Waals surface area contributed by atoms with Gasteiger partial charge in [-0.05, 0) is 12.0 Å². The number of fused-ring (bicyclic) bond motifs is 1. The maximum absolute atomic E-state index is 8.64. The van der Waals surface area contributed by atoms with E-state index in [2.05, 4.69) is 36.1 Å². The summed E-state index contributed by atoms with van der Waals surface area (Å²) in [6.07, 6.45) is 4.08. The van der Waals surface area contributed by atoms with Gasteiger partial charge in [0.25, 0.3) is 0 Å². The molecule has 0 aromatic carbocycles. The Hall–Kier alpha value is -2.09. The molecule has 0 N–H and O–H groups in total. The van der Waals surface area contributed by atoms with Gasteiger partial charge in [0.05, 0.1) is 18.2 Å². The molecule has 0 unspecified atom stereocenters. The van der Waals surface area contributed by atoms with E-state index in [0.29, 0.717) is 18.9 Å². The molecule has 0 saturated carbocycles. The van der Waals surface area contributed by atoms with Crippen molar-refractivity contribution in [3.63, 3.8) is 0 Å². The molecule has 0 radical (unpaired) electrons. The molecule has 5 heteroatoms. The lowest BCUT2D eigenvalue weighted by molar-refractivity contribution is 0.785. The number of rotatable bonds is 4. The molecule has 0 fully saturated rings.